The number of hydrogen-bond acceptors (Lipinski definition) is 6. The fraction of sp³-hybridized carbons (Fsp3) is 0.750. The van der Waals surface area contributed by atoms with Crippen molar-refractivity contribution >= 4 is 34.7 Å². The smallest absolute Gasteiger partial charge is 0.306 e. The number of carbonyl (C=O) groups excluding carboxylic acids is 4. The lowest BCUT2D eigenvalue weighted by molar-refractivity contribution is -0.148. The predicted octanol–water partition coefficient (Wildman–Crippen LogP) is 1.35. The van der Waals surface area contributed by atoms with E-state index in [4.69, 9.17) is 4.74 Å². The van der Waals surface area contributed by atoms with Crippen LogP contribution in [0.3, 0.4) is 0 Å². The van der Waals surface area contributed by atoms with E-state index in [1.54, 1.807) is 18.7 Å². The molecule has 0 aromatic heterocycles. The van der Waals surface area contributed by atoms with Crippen LogP contribution in [0, 0.1) is 0 Å². The minimum absolute atomic E-state index is 0.0127. The van der Waals surface area contributed by atoms with E-state index in [1.807, 2.05) is 13.8 Å². The van der Waals surface area contributed by atoms with Gasteiger partial charge in [-0.2, -0.15) is 0 Å². The Morgan fingerprint density at radius 3 is 2.12 bits per heavy atom. The first-order chi connectivity index (χ1) is 11.2. The van der Waals surface area contributed by atoms with E-state index >= 15 is 0 Å². The third kappa shape index (κ3) is 9.54. The van der Waals surface area contributed by atoms with E-state index in [0.29, 0.717) is 13.1 Å². The average molecular weight is 360 g/mol. The van der Waals surface area contributed by atoms with Gasteiger partial charge in [0.25, 0.3) is 0 Å². The predicted molar refractivity (Wildman–Crippen MR) is 93.5 cm³/mol. The number of rotatable bonds is 10. The molecule has 1 N–H and O–H groups in total. The molecule has 0 radical (unpaired) electrons. The SMILES string of the molecule is CCN(CC)C(=O)[C@H](CSC(=O)CCC(=O)OC(C)C)NC(C)=O. The van der Waals surface area contributed by atoms with Gasteiger partial charge in [-0.05, 0) is 27.7 Å². The van der Waals surface area contributed by atoms with Crippen LogP contribution in [0.2, 0.25) is 0 Å². The topological polar surface area (TPSA) is 92.8 Å². The standard InChI is InChI=1S/C16H28N2O5S/c1-6-18(7-2)16(22)13(17-12(5)19)10-24-15(21)9-8-14(20)23-11(3)4/h11,13H,6-10H2,1-5H3,(H,17,19)/t13-/m0/s1. The molecule has 0 aliphatic rings. The van der Waals surface area contributed by atoms with Gasteiger partial charge in [-0.15, -0.1) is 0 Å². The van der Waals surface area contributed by atoms with Gasteiger partial charge in [0.15, 0.2) is 5.12 Å². The molecule has 7 nitrogen and oxygen atoms in total. The Morgan fingerprint density at radius 1 is 1.08 bits per heavy atom. The first-order valence-corrected chi connectivity index (χ1v) is 9.10. The lowest BCUT2D eigenvalue weighted by Gasteiger charge is -2.25. The van der Waals surface area contributed by atoms with E-state index in [2.05, 4.69) is 5.32 Å². The Labute approximate surface area is 147 Å². The van der Waals surface area contributed by atoms with E-state index in [0.717, 1.165) is 11.8 Å². The van der Waals surface area contributed by atoms with Crippen molar-refractivity contribution in [3.63, 3.8) is 0 Å². The molecule has 8 heteroatoms. The zero-order chi connectivity index (χ0) is 18.7. The molecule has 0 unspecified atom stereocenters. The van der Waals surface area contributed by atoms with Crippen molar-refractivity contribution in [2.24, 2.45) is 0 Å². The molecule has 0 aromatic rings. The zero-order valence-corrected chi connectivity index (χ0v) is 15.9. The van der Waals surface area contributed by atoms with Crippen LogP contribution in [0.25, 0.3) is 0 Å². The van der Waals surface area contributed by atoms with Gasteiger partial charge in [-0.25, -0.2) is 0 Å². The molecule has 1 atom stereocenters. The molecule has 0 fully saturated rings. The van der Waals surface area contributed by atoms with Crippen molar-refractivity contribution in [1.29, 1.82) is 0 Å². The summed E-state index contributed by atoms with van der Waals surface area (Å²) >= 11 is 0.945. The molecule has 0 aliphatic heterocycles. The van der Waals surface area contributed by atoms with Crippen LogP contribution >= 0.6 is 11.8 Å². The second-order valence-electron chi connectivity index (χ2n) is 5.49. The average Bonchev–Trinajstić information content (AvgIpc) is 2.49. The lowest BCUT2D eigenvalue weighted by atomic mass is 10.2. The molecule has 0 saturated heterocycles. The summed E-state index contributed by atoms with van der Waals surface area (Å²) in [5.74, 6) is -0.812. The van der Waals surface area contributed by atoms with Crippen LogP contribution in [0.4, 0.5) is 0 Å². The number of nitrogens with zero attached hydrogens (tertiary/aromatic N) is 1. The van der Waals surface area contributed by atoms with E-state index in [-0.39, 0.29) is 41.6 Å². The van der Waals surface area contributed by atoms with Gasteiger partial charge in [0.2, 0.25) is 11.8 Å². The molecule has 0 aromatic carbocycles. The van der Waals surface area contributed by atoms with Gasteiger partial charge in [-0.1, -0.05) is 11.8 Å². The van der Waals surface area contributed by atoms with Crippen molar-refractivity contribution in [3.8, 4) is 0 Å². The fourth-order valence-corrected chi connectivity index (χ4v) is 2.77. The summed E-state index contributed by atoms with van der Waals surface area (Å²) in [4.78, 5) is 48.5. The molecule has 0 spiro atoms. The monoisotopic (exact) mass is 360 g/mol. The maximum atomic E-state index is 12.4. The summed E-state index contributed by atoms with van der Waals surface area (Å²) in [6.07, 6.45) is -0.155. The number of carbonyl (C=O) groups is 4. The van der Waals surface area contributed by atoms with E-state index in [9.17, 15) is 19.2 Å². The van der Waals surface area contributed by atoms with Crippen LogP contribution in [0.15, 0.2) is 0 Å². The van der Waals surface area contributed by atoms with Crippen LogP contribution in [-0.2, 0) is 23.9 Å². The van der Waals surface area contributed by atoms with Gasteiger partial charge in [0.05, 0.1) is 12.5 Å². The summed E-state index contributed by atoms with van der Waals surface area (Å²) < 4.78 is 4.96. The minimum atomic E-state index is -0.751. The highest BCUT2D eigenvalue weighted by atomic mass is 32.2. The largest absolute Gasteiger partial charge is 0.463 e. The Bertz CT molecular complexity index is 450. The van der Waals surface area contributed by atoms with Gasteiger partial charge < -0.3 is 15.0 Å². The molecular weight excluding hydrogens is 332 g/mol. The summed E-state index contributed by atoms with van der Waals surface area (Å²) in [5.41, 5.74) is 0. The van der Waals surface area contributed by atoms with Gasteiger partial charge >= 0.3 is 5.97 Å². The van der Waals surface area contributed by atoms with E-state index in [1.165, 1.54) is 6.92 Å². The number of esters is 1. The lowest BCUT2D eigenvalue weighted by Crippen LogP contribution is -2.49. The van der Waals surface area contributed by atoms with Crippen LogP contribution in [-0.4, -0.2) is 58.8 Å². The summed E-state index contributed by atoms with van der Waals surface area (Å²) in [7, 11) is 0. The highest BCUT2D eigenvalue weighted by Gasteiger charge is 2.24. The minimum Gasteiger partial charge on any atom is -0.463 e. The van der Waals surface area contributed by atoms with Gasteiger partial charge in [-0.3, -0.25) is 19.2 Å². The molecule has 0 bridgehead atoms. The van der Waals surface area contributed by atoms with E-state index < -0.39 is 12.0 Å². The first kappa shape index (κ1) is 22.4. The van der Waals surface area contributed by atoms with Gasteiger partial charge in [0.1, 0.15) is 6.04 Å². The maximum Gasteiger partial charge on any atom is 0.306 e. The first-order valence-electron chi connectivity index (χ1n) is 8.12. The number of nitrogens with one attached hydrogen (secondary N) is 1. The molecule has 0 aliphatic carbocycles. The van der Waals surface area contributed by atoms with Crippen molar-refractivity contribution in [2.75, 3.05) is 18.8 Å². The summed E-state index contributed by atoms with van der Waals surface area (Å²) in [5, 5.41) is 2.37. The molecule has 0 rings (SSSR count). The number of ether oxygens (including phenoxy) is 1. The quantitative estimate of drug-likeness (QED) is 0.591. The van der Waals surface area contributed by atoms with Crippen LogP contribution in [0.5, 0.6) is 0 Å². The fourth-order valence-electron chi connectivity index (χ4n) is 1.95. The third-order valence-corrected chi connectivity index (χ3v) is 4.09. The Kier molecular flexibility index (Phi) is 11.1. The van der Waals surface area contributed by atoms with Crippen molar-refractivity contribution < 1.29 is 23.9 Å². The maximum absolute atomic E-state index is 12.4. The van der Waals surface area contributed by atoms with Crippen molar-refractivity contribution in [2.45, 2.75) is 59.6 Å². The molecule has 0 saturated carbocycles. The second-order valence-corrected chi connectivity index (χ2v) is 6.56. The molecule has 0 heterocycles. The molecule has 2 amide bonds. The van der Waals surface area contributed by atoms with Crippen molar-refractivity contribution in [3.05, 3.63) is 0 Å². The van der Waals surface area contributed by atoms with Gasteiger partial charge in [0, 0.05) is 32.2 Å². The Hall–Kier alpha value is -1.57. The Balaban J connectivity index is 4.49. The van der Waals surface area contributed by atoms with Crippen LogP contribution < -0.4 is 5.32 Å². The molecular formula is C16H28N2O5S. The van der Waals surface area contributed by atoms with Crippen LogP contribution in [0.1, 0.15) is 47.5 Å². The summed E-state index contributed by atoms with van der Waals surface area (Å²) in [6, 6.07) is -0.751. The highest BCUT2D eigenvalue weighted by Crippen LogP contribution is 2.12. The third-order valence-electron chi connectivity index (χ3n) is 3.06. The summed E-state index contributed by atoms with van der Waals surface area (Å²) in [6.45, 7) is 9.58. The number of amides is 2. The second kappa shape index (κ2) is 11.9. The zero-order valence-electron chi connectivity index (χ0n) is 15.1. The van der Waals surface area contributed by atoms with Crippen molar-refractivity contribution in [1.82, 2.24) is 10.2 Å². The molecule has 24 heavy (non-hydrogen) atoms. The number of thioether (sulfide) groups is 1. The highest BCUT2D eigenvalue weighted by molar-refractivity contribution is 8.13. The molecule has 138 valence electrons. The normalized spacial score (nSPS) is 11.8. The Morgan fingerprint density at radius 2 is 1.67 bits per heavy atom. The number of hydrogen-bond donors (Lipinski definition) is 1. The number of likely N-dealkylation sites (N-methyl/N-ethyl adjacent to an activating group) is 1.